The maximum atomic E-state index is 13.2. The number of thioether (sulfide) groups is 1. The van der Waals surface area contributed by atoms with Crippen molar-refractivity contribution in [3.8, 4) is 6.07 Å². The Hall–Kier alpha value is -3.81. The number of pyridine rings is 1. The van der Waals surface area contributed by atoms with Crippen molar-refractivity contribution in [1.82, 2.24) is 4.98 Å². The first kappa shape index (κ1) is 27.7. The lowest BCUT2D eigenvalue weighted by Crippen LogP contribution is -2.31. The molecule has 2 amide bonds. The standard InChI is InChI=1S/C30H24BrN3O5S/c1-17-2-11-24-20(12-17)13-21(15-32)28(33-24)40-26-14-27(36)34(29(26)37)23-9-5-19(6-10-23)30(38)39-16-25(35)18-3-7-22(31)8-4-18/h3-10,13,17,26H,2,11-12,14,16H2,1H3. The highest BCUT2D eigenvalue weighted by molar-refractivity contribution is 9.10. The first-order chi connectivity index (χ1) is 19.2. The van der Waals surface area contributed by atoms with Gasteiger partial charge in [0.25, 0.3) is 0 Å². The molecule has 202 valence electrons. The van der Waals surface area contributed by atoms with Crippen LogP contribution in [0.1, 0.15) is 57.3 Å². The summed E-state index contributed by atoms with van der Waals surface area (Å²) in [6.07, 6.45) is 2.70. The molecule has 1 fully saturated rings. The molecule has 5 rings (SSSR count). The van der Waals surface area contributed by atoms with Gasteiger partial charge >= 0.3 is 5.97 Å². The number of halogens is 1. The van der Waals surface area contributed by atoms with Crippen LogP contribution in [0.25, 0.3) is 0 Å². The number of imide groups is 1. The number of amides is 2. The number of benzene rings is 2. The first-order valence-electron chi connectivity index (χ1n) is 12.8. The lowest BCUT2D eigenvalue weighted by atomic mass is 9.87. The van der Waals surface area contributed by atoms with Crippen LogP contribution in [-0.2, 0) is 27.2 Å². The number of fused-ring (bicyclic) bond motifs is 1. The number of aromatic nitrogens is 1. The summed E-state index contributed by atoms with van der Waals surface area (Å²) in [7, 11) is 0. The summed E-state index contributed by atoms with van der Waals surface area (Å²) in [6, 6.07) is 16.7. The number of ether oxygens (including phenoxy) is 1. The van der Waals surface area contributed by atoms with E-state index in [9.17, 15) is 24.4 Å². The lowest BCUT2D eigenvalue weighted by Gasteiger charge is -2.22. The number of nitrogens with zero attached hydrogens (tertiary/aromatic N) is 3. The maximum absolute atomic E-state index is 13.2. The molecule has 2 unspecified atom stereocenters. The molecule has 3 aromatic rings. The number of carbonyl (C=O) groups is 4. The maximum Gasteiger partial charge on any atom is 0.338 e. The van der Waals surface area contributed by atoms with Crippen LogP contribution < -0.4 is 4.90 Å². The quantitative estimate of drug-likeness (QED) is 0.199. The number of nitriles is 1. The van der Waals surface area contributed by atoms with Crippen molar-refractivity contribution in [3.63, 3.8) is 0 Å². The zero-order valence-corrected chi connectivity index (χ0v) is 24.0. The van der Waals surface area contributed by atoms with Gasteiger partial charge in [-0.3, -0.25) is 14.4 Å². The number of carbonyl (C=O) groups excluding carboxylic acids is 4. The summed E-state index contributed by atoms with van der Waals surface area (Å²) in [5, 5.41) is 9.46. The number of Topliss-reactive ketones (excluding diaryl/α,β-unsaturated/α-hetero) is 1. The molecular weight excluding hydrogens is 594 g/mol. The first-order valence-corrected chi connectivity index (χ1v) is 14.4. The molecule has 1 aliphatic heterocycles. The molecule has 1 saturated heterocycles. The fourth-order valence-electron chi connectivity index (χ4n) is 4.78. The number of hydrogen-bond donors (Lipinski definition) is 0. The van der Waals surface area contributed by atoms with Crippen LogP contribution in [0.15, 0.2) is 64.1 Å². The van der Waals surface area contributed by atoms with E-state index in [1.807, 2.05) is 6.07 Å². The van der Waals surface area contributed by atoms with Crippen LogP contribution in [0.5, 0.6) is 0 Å². The van der Waals surface area contributed by atoms with Crippen LogP contribution in [-0.4, -0.2) is 40.4 Å². The van der Waals surface area contributed by atoms with Gasteiger partial charge < -0.3 is 4.74 Å². The van der Waals surface area contributed by atoms with Gasteiger partial charge in [-0.1, -0.05) is 46.7 Å². The summed E-state index contributed by atoms with van der Waals surface area (Å²) in [5.74, 6) is -1.27. The molecule has 10 heteroatoms. The normalized spacial score (nSPS) is 18.3. The van der Waals surface area contributed by atoms with E-state index in [-0.39, 0.29) is 23.7 Å². The summed E-state index contributed by atoms with van der Waals surface area (Å²) in [5.41, 5.74) is 3.38. The molecule has 40 heavy (non-hydrogen) atoms. The van der Waals surface area contributed by atoms with Crippen LogP contribution in [0.2, 0.25) is 0 Å². The predicted molar refractivity (Wildman–Crippen MR) is 152 cm³/mol. The van der Waals surface area contributed by atoms with Crippen molar-refractivity contribution < 1.29 is 23.9 Å². The van der Waals surface area contributed by atoms with Gasteiger partial charge in [0.15, 0.2) is 12.4 Å². The average molecular weight is 619 g/mol. The molecule has 1 aliphatic carbocycles. The minimum absolute atomic E-state index is 0.0217. The van der Waals surface area contributed by atoms with E-state index < -0.39 is 23.7 Å². The van der Waals surface area contributed by atoms with Gasteiger partial charge in [-0.2, -0.15) is 5.26 Å². The van der Waals surface area contributed by atoms with E-state index in [1.165, 1.54) is 24.3 Å². The van der Waals surface area contributed by atoms with Gasteiger partial charge in [-0.05, 0) is 73.2 Å². The Morgan fingerprint density at radius 2 is 1.80 bits per heavy atom. The van der Waals surface area contributed by atoms with Crippen molar-refractivity contribution in [3.05, 3.63) is 87.0 Å². The van der Waals surface area contributed by atoms with Gasteiger partial charge in [-0.25, -0.2) is 14.7 Å². The Labute approximate surface area is 243 Å². The molecule has 0 spiro atoms. The minimum atomic E-state index is -0.707. The van der Waals surface area contributed by atoms with Crippen LogP contribution in [0, 0.1) is 17.2 Å². The van der Waals surface area contributed by atoms with Crippen molar-refractivity contribution >= 4 is 56.9 Å². The number of rotatable bonds is 7. The summed E-state index contributed by atoms with van der Waals surface area (Å²) in [6.45, 7) is 1.77. The average Bonchev–Trinajstić information content (AvgIpc) is 3.23. The molecule has 0 N–H and O–H groups in total. The third kappa shape index (κ3) is 5.86. The van der Waals surface area contributed by atoms with E-state index in [0.717, 1.165) is 51.7 Å². The van der Waals surface area contributed by atoms with E-state index in [2.05, 4.69) is 28.9 Å². The second-order valence-corrected chi connectivity index (χ2v) is 11.9. The van der Waals surface area contributed by atoms with E-state index in [4.69, 9.17) is 9.72 Å². The molecule has 2 atom stereocenters. The number of hydrogen-bond acceptors (Lipinski definition) is 8. The Bertz CT molecular complexity index is 1550. The molecule has 0 saturated carbocycles. The van der Waals surface area contributed by atoms with Crippen LogP contribution in [0.4, 0.5) is 5.69 Å². The number of aryl methyl sites for hydroxylation is 1. The van der Waals surface area contributed by atoms with Gasteiger partial charge in [0.1, 0.15) is 11.1 Å². The van der Waals surface area contributed by atoms with Crippen molar-refractivity contribution in [2.75, 3.05) is 11.5 Å². The SMILES string of the molecule is CC1CCc2nc(SC3CC(=O)N(c4ccc(C(=O)OCC(=O)c5ccc(Br)cc5)cc4)C3=O)c(C#N)cc2C1. The number of ketones is 1. The van der Waals surface area contributed by atoms with Gasteiger partial charge in [0, 0.05) is 22.2 Å². The Balaban J connectivity index is 1.24. The molecule has 0 radical (unpaired) electrons. The largest absolute Gasteiger partial charge is 0.454 e. The molecule has 2 aromatic carbocycles. The molecule has 2 heterocycles. The summed E-state index contributed by atoms with van der Waals surface area (Å²) >= 11 is 4.45. The second kappa shape index (κ2) is 11.7. The Morgan fingerprint density at radius 3 is 2.50 bits per heavy atom. The third-order valence-electron chi connectivity index (χ3n) is 6.94. The third-order valence-corrected chi connectivity index (χ3v) is 8.66. The second-order valence-electron chi connectivity index (χ2n) is 9.84. The smallest absolute Gasteiger partial charge is 0.338 e. The van der Waals surface area contributed by atoms with E-state index in [0.29, 0.717) is 27.8 Å². The predicted octanol–water partition coefficient (Wildman–Crippen LogP) is 5.30. The summed E-state index contributed by atoms with van der Waals surface area (Å²) in [4.78, 5) is 56.6. The highest BCUT2D eigenvalue weighted by Crippen LogP contribution is 2.36. The van der Waals surface area contributed by atoms with Gasteiger partial charge in [0.05, 0.1) is 22.1 Å². The molecule has 1 aromatic heterocycles. The van der Waals surface area contributed by atoms with E-state index in [1.54, 1.807) is 24.3 Å². The molecule has 8 nitrogen and oxygen atoms in total. The number of anilines is 1. The van der Waals surface area contributed by atoms with Crippen molar-refractivity contribution in [2.24, 2.45) is 5.92 Å². The monoisotopic (exact) mass is 617 g/mol. The highest BCUT2D eigenvalue weighted by atomic mass is 79.9. The minimum Gasteiger partial charge on any atom is -0.454 e. The topological polar surface area (TPSA) is 117 Å². The van der Waals surface area contributed by atoms with Crippen LogP contribution >= 0.6 is 27.7 Å². The van der Waals surface area contributed by atoms with Gasteiger partial charge in [0.2, 0.25) is 11.8 Å². The Morgan fingerprint density at radius 1 is 1.10 bits per heavy atom. The molecule has 2 aliphatic rings. The Kier molecular flexibility index (Phi) is 8.14. The fraction of sp³-hybridized carbons (Fsp3) is 0.267. The van der Waals surface area contributed by atoms with Crippen molar-refractivity contribution in [1.29, 1.82) is 5.26 Å². The zero-order valence-electron chi connectivity index (χ0n) is 21.6. The van der Waals surface area contributed by atoms with Crippen molar-refractivity contribution in [2.45, 2.75) is 42.9 Å². The number of esters is 1. The summed E-state index contributed by atoms with van der Waals surface area (Å²) < 4.78 is 5.98. The van der Waals surface area contributed by atoms with E-state index >= 15 is 0 Å². The fourth-order valence-corrected chi connectivity index (χ4v) is 6.14. The zero-order chi connectivity index (χ0) is 28.4. The molecular formula is C30H24BrN3O5S. The lowest BCUT2D eigenvalue weighted by molar-refractivity contribution is -0.121. The van der Waals surface area contributed by atoms with Crippen LogP contribution in [0.3, 0.4) is 0 Å². The highest BCUT2D eigenvalue weighted by Gasteiger charge is 2.41. The molecule has 0 bridgehead atoms. The van der Waals surface area contributed by atoms with Gasteiger partial charge in [-0.15, -0.1) is 0 Å².